The Hall–Kier alpha value is -2.23. The summed E-state index contributed by atoms with van der Waals surface area (Å²) < 4.78 is 0.908. The summed E-state index contributed by atoms with van der Waals surface area (Å²) in [6, 6.07) is 14.1. The first-order valence-electron chi connectivity index (χ1n) is 6.54. The molecule has 0 bridgehead atoms. The first-order chi connectivity index (χ1) is 10.3. The van der Waals surface area contributed by atoms with E-state index in [2.05, 4.69) is 56.6 Å². The van der Waals surface area contributed by atoms with E-state index in [0.717, 1.165) is 21.6 Å². The second kappa shape index (κ2) is 6.48. The molecule has 21 heavy (non-hydrogen) atoms. The number of benzene rings is 1. The normalized spacial score (nSPS) is 10.9. The minimum atomic E-state index is 0.196. The Labute approximate surface area is 129 Å². The Balaban J connectivity index is 1.68. The molecule has 3 aromatic rings. The molecule has 3 rings (SSSR count). The van der Waals surface area contributed by atoms with Crippen LogP contribution in [-0.4, -0.2) is 30.7 Å². The van der Waals surface area contributed by atoms with Crippen LogP contribution >= 0.6 is 0 Å². The number of pyridine rings is 1. The van der Waals surface area contributed by atoms with Gasteiger partial charge in [-0.2, -0.15) is 0 Å². The van der Waals surface area contributed by atoms with Crippen LogP contribution in [0.3, 0.4) is 0 Å². The van der Waals surface area contributed by atoms with E-state index in [4.69, 9.17) is 0 Å². The predicted molar refractivity (Wildman–Crippen MR) is 86.8 cm³/mol. The topological polar surface area (TPSA) is 50.2 Å². The van der Waals surface area contributed by atoms with Crippen molar-refractivity contribution in [2.24, 2.45) is 5.10 Å². The number of aryl methyl sites for hydroxylation is 1. The molecular formula is C16H14N4Se. The Kier molecular flexibility index (Phi) is 4.24. The molecule has 0 saturated carbocycles. The molecule has 0 unspecified atom stereocenters. The third kappa shape index (κ3) is 3.66. The molecule has 2 heterocycles. The van der Waals surface area contributed by atoms with Crippen LogP contribution < -0.4 is 5.43 Å². The summed E-state index contributed by atoms with van der Waals surface area (Å²) in [6.45, 7) is 2.08. The van der Waals surface area contributed by atoms with Gasteiger partial charge in [-0.3, -0.25) is 0 Å². The maximum atomic E-state index is 4.58. The first-order valence-corrected chi connectivity index (χ1v) is 8.38. The first kappa shape index (κ1) is 13.7. The standard InChI is InChI=1S/C16H14N4Se/c1-12-5-7-13(8-6-12)15-11-21-16(19-15)20-18-10-14-4-2-3-9-17-14/h2-11H,1H3,(H,19,20)/b18-10+. The number of nitrogens with zero attached hydrogens (tertiary/aromatic N) is 3. The zero-order valence-corrected chi connectivity index (χ0v) is 13.2. The summed E-state index contributed by atoms with van der Waals surface area (Å²) in [5.41, 5.74) is 7.24. The van der Waals surface area contributed by atoms with Gasteiger partial charge in [-0.25, -0.2) is 0 Å². The maximum absolute atomic E-state index is 4.58. The van der Waals surface area contributed by atoms with Crippen molar-refractivity contribution in [3.05, 3.63) is 64.9 Å². The van der Waals surface area contributed by atoms with Crippen molar-refractivity contribution in [2.75, 3.05) is 5.43 Å². The van der Waals surface area contributed by atoms with Gasteiger partial charge in [0.15, 0.2) is 0 Å². The molecule has 0 aliphatic rings. The van der Waals surface area contributed by atoms with E-state index in [0.29, 0.717) is 0 Å². The van der Waals surface area contributed by atoms with Crippen LogP contribution in [0.25, 0.3) is 11.3 Å². The predicted octanol–water partition coefficient (Wildman–Crippen LogP) is 2.96. The van der Waals surface area contributed by atoms with Crippen molar-refractivity contribution in [1.82, 2.24) is 9.97 Å². The van der Waals surface area contributed by atoms with Crippen LogP contribution in [0, 0.1) is 6.92 Å². The molecule has 1 N–H and O–H groups in total. The fourth-order valence-corrected chi connectivity index (χ4v) is 3.19. The molecule has 0 aliphatic heterocycles. The molecule has 1 aromatic carbocycles. The van der Waals surface area contributed by atoms with Gasteiger partial charge in [-0.15, -0.1) is 0 Å². The number of hydrogen-bond donors (Lipinski definition) is 1. The Morgan fingerprint density at radius 1 is 1.14 bits per heavy atom. The van der Waals surface area contributed by atoms with E-state index < -0.39 is 0 Å². The van der Waals surface area contributed by atoms with Crippen molar-refractivity contribution >= 4 is 25.4 Å². The number of anilines is 1. The van der Waals surface area contributed by atoms with Crippen LogP contribution in [0.4, 0.5) is 4.69 Å². The van der Waals surface area contributed by atoms with Crippen molar-refractivity contribution in [2.45, 2.75) is 6.92 Å². The molecule has 0 atom stereocenters. The summed E-state index contributed by atoms with van der Waals surface area (Å²) in [5, 5.41) is 4.18. The van der Waals surface area contributed by atoms with Gasteiger partial charge in [0.25, 0.3) is 0 Å². The molecule has 104 valence electrons. The molecule has 0 spiro atoms. The molecule has 4 nitrogen and oxygen atoms in total. The van der Waals surface area contributed by atoms with Crippen LogP contribution in [0.1, 0.15) is 11.3 Å². The van der Waals surface area contributed by atoms with Crippen molar-refractivity contribution in [3.8, 4) is 11.3 Å². The Morgan fingerprint density at radius 3 is 2.76 bits per heavy atom. The number of hydrogen-bond acceptors (Lipinski definition) is 4. The van der Waals surface area contributed by atoms with Crippen LogP contribution in [0.15, 0.2) is 58.7 Å². The van der Waals surface area contributed by atoms with E-state index in [9.17, 15) is 0 Å². The summed E-state index contributed by atoms with van der Waals surface area (Å²) in [6.07, 6.45) is 3.44. The second-order valence-electron chi connectivity index (χ2n) is 4.53. The van der Waals surface area contributed by atoms with Gasteiger partial charge >= 0.3 is 129 Å². The third-order valence-electron chi connectivity index (χ3n) is 2.90. The summed E-state index contributed by atoms with van der Waals surface area (Å²) in [7, 11) is 0. The van der Waals surface area contributed by atoms with Gasteiger partial charge in [0, 0.05) is 0 Å². The van der Waals surface area contributed by atoms with E-state index in [1.165, 1.54) is 5.56 Å². The van der Waals surface area contributed by atoms with Gasteiger partial charge < -0.3 is 0 Å². The van der Waals surface area contributed by atoms with Gasteiger partial charge in [-0.05, 0) is 0 Å². The number of aromatic nitrogens is 2. The van der Waals surface area contributed by atoms with Crippen molar-refractivity contribution in [3.63, 3.8) is 0 Å². The number of nitrogens with one attached hydrogen (secondary N) is 1. The summed E-state index contributed by atoms with van der Waals surface area (Å²) in [4.78, 5) is 10.9. The second-order valence-corrected chi connectivity index (χ2v) is 6.33. The molecule has 0 saturated heterocycles. The Morgan fingerprint density at radius 2 is 2.00 bits per heavy atom. The molecule has 0 aliphatic carbocycles. The fourth-order valence-electron chi connectivity index (χ4n) is 1.79. The molecule has 0 amide bonds. The molecule has 0 radical (unpaired) electrons. The SMILES string of the molecule is Cc1ccc(-c2c[se]c(N/N=C/c3ccccn3)n2)cc1. The molecule has 0 fully saturated rings. The summed E-state index contributed by atoms with van der Waals surface area (Å²) >= 11 is 0.196. The molecular weight excluding hydrogens is 327 g/mol. The quantitative estimate of drug-likeness (QED) is 0.451. The molecule has 2 aromatic heterocycles. The van der Waals surface area contributed by atoms with Crippen LogP contribution in [0.2, 0.25) is 0 Å². The van der Waals surface area contributed by atoms with Gasteiger partial charge in [0.1, 0.15) is 0 Å². The van der Waals surface area contributed by atoms with Gasteiger partial charge in [0.05, 0.1) is 0 Å². The number of rotatable bonds is 4. The fraction of sp³-hybridized carbons (Fsp3) is 0.0625. The minimum absolute atomic E-state index is 0.196. The van der Waals surface area contributed by atoms with Crippen molar-refractivity contribution in [1.29, 1.82) is 0 Å². The third-order valence-corrected chi connectivity index (χ3v) is 4.46. The van der Waals surface area contributed by atoms with E-state index >= 15 is 0 Å². The van der Waals surface area contributed by atoms with Gasteiger partial charge in [-0.1, -0.05) is 0 Å². The molecule has 5 heteroatoms. The van der Waals surface area contributed by atoms with Crippen LogP contribution in [-0.2, 0) is 0 Å². The zero-order valence-electron chi connectivity index (χ0n) is 11.5. The van der Waals surface area contributed by atoms with Crippen LogP contribution in [0.5, 0.6) is 0 Å². The zero-order chi connectivity index (χ0) is 14.5. The Bertz CT molecular complexity index is 732. The monoisotopic (exact) mass is 342 g/mol. The average molecular weight is 341 g/mol. The van der Waals surface area contributed by atoms with E-state index in [1.807, 2.05) is 18.2 Å². The number of hydrazone groups is 1. The average Bonchev–Trinajstić information content (AvgIpc) is 2.98. The van der Waals surface area contributed by atoms with Crippen molar-refractivity contribution < 1.29 is 0 Å². The van der Waals surface area contributed by atoms with E-state index in [1.54, 1.807) is 12.4 Å². The van der Waals surface area contributed by atoms with Gasteiger partial charge in [0.2, 0.25) is 0 Å². The summed E-state index contributed by atoms with van der Waals surface area (Å²) in [5.74, 6) is 0. The van der Waals surface area contributed by atoms with E-state index in [-0.39, 0.29) is 14.5 Å².